The predicted octanol–water partition coefficient (Wildman–Crippen LogP) is 1.51. The maximum absolute atomic E-state index is 11.3. The molecule has 0 aromatic heterocycles. The molecule has 0 amide bonds. The number of carbonyl (C=O) groups excluding carboxylic acids is 1. The molecule has 0 spiro atoms. The Hall–Kier alpha value is -0.570. The summed E-state index contributed by atoms with van der Waals surface area (Å²) in [5.41, 5.74) is -0.735. The molecule has 12 heavy (non-hydrogen) atoms. The van der Waals surface area contributed by atoms with Gasteiger partial charge in [0.2, 0.25) is 0 Å². The summed E-state index contributed by atoms with van der Waals surface area (Å²) in [5.74, 6) is -0.257. The van der Waals surface area contributed by atoms with Crippen molar-refractivity contribution in [3.8, 4) is 0 Å². The van der Waals surface area contributed by atoms with Crippen LogP contribution in [-0.4, -0.2) is 23.3 Å². The van der Waals surface area contributed by atoms with Crippen LogP contribution in [0.25, 0.3) is 0 Å². The van der Waals surface area contributed by atoms with Crippen LogP contribution in [0.1, 0.15) is 34.6 Å². The third kappa shape index (κ3) is 2.21. The summed E-state index contributed by atoms with van der Waals surface area (Å²) < 4.78 is 10.3. The molecule has 3 heteroatoms. The average molecular weight is 172 g/mol. The molecule has 0 aromatic rings. The van der Waals surface area contributed by atoms with E-state index in [-0.39, 0.29) is 17.7 Å². The molecule has 0 radical (unpaired) electrons. The topological polar surface area (TPSA) is 38.8 Å². The number of hydrogen-bond donors (Lipinski definition) is 0. The Balaban J connectivity index is 2.42. The van der Waals surface area contributed by atoms with Crippen molar-refractivity contribution in [2.24, 2.45) is 0 Å². The van der Waals surface area contributed by atoms with Gasteiger partial charge in [-0.3, -0.25) is 0 Å². The van der Waals surface area contributed by atoms with Crippen LogP contribution < -0.4 is 0 Å². The highest BCUT2D eigenvalue weighted by molar-refractivity contribution is 5.79. The monoisotopic (exact) mass is 172 g/mol. The summed E-state index contributed by atoms with van der Waals surface area (Å²) in [6.07, 6.45) is -0.364. The Kier molecular flexibility index (Phi) is 1.95. The zero-order valence-corrected chi connectivity index (χ0v) is 8.30. The van der Waals surface area contributed by atoms with E-state index in [0.717, 1.165) is 0 Å². The van der Waals surface area contributed by atoms with E-state index in [9.17, 15) is 4.79 Å². The van der Waals surface area contributed by atoms with E-state index in [1.807, 2.05) is 34.6 Å². The van der Waals surface area contributed by atoms with Crippen molar-refractivity contribution in [2.45, 2.75) is 51.9 Å². The highest BCUT2D eigenvalue weighted by Gasteiger charge is 2.54. The number of ether oxygens (including phenoxy) is 2. The number of rotatable bonds is 1. The van der Waals surface area contributed by atoms with Crippen LogP contribution in [0.2, 0.25) is 0 Å². The van der Waals surface area contributed by atoms with Gasteiger partial charge in [-0.15, -0.1) is 0 Å². The van der Waals surface area contributed by atoms with Gasteiger partial charge >= 0.3 is 5.97 Å². The molecule has 1 aliphatic rings. The summed E-state index contributed by atoms with van der Waals surface area (Å²) in [5, 5.41) is 0. The minimum atomic E-state index is -0.418. The smallest absolute Gasteiger partial charge is 0.338 e. The molecule has 0 aliphatic carbocycles. The molecule has 1 rings (SSSR count). The maximum Gasteiger partial charge on any atom is 0.338 e. The van der Waals surface area contributed by atoms with Crippen molar-refractivity contribution in [3.05, 3.63) is 0 Å². The number of hydrogen-bond acceptors (Lipinski definition) is 3. The van der Waals surface area contributed by atoms with Crippen LogP contribution in [0, 0.1) is 0 Å². The van der Waals surface area contributed by atoms with Gasteiger partial charge in [0.1, 0.15) is 11.2 Å². The molecule has 0 aromatic carbocycles. The number of epoxide rings is 1. The first-order valence-corrected chi connectivity index (χ1v) is 4.13. The zero-order valence-electron chi connectivity index (χ0n) is 8.30. The fourth-order valence-corrected chi connectivity index (χ4v) is 0.957. The molecule has 0 bridgehead atoms. The van der Waals surface area contributed by atoms with E-state index in [0.29, 0.717) is 0 Å². The molecule has 1 aliphatic heterocycles. The molecule has 1 saturated heterocycles. The first-order valence-electron chi connectivity index (χ1n) is 4.13. The normalized spacial score (nSPS) is 26.6. The third-order valence-electron chi connectivity index (χ3n) is 1.62. The highest BCUT2D eigenvalue weighted by atomic mass is 16.7. The van der Waals surface area contributed by atoms with Gasteiger partial charge in [-0.05, 0) is 34.6 Å². The van der Waals surface area contributed by atoms with Gasteiger partial charge in [0.05, 0.1) is 0 Å². The maximum atomic E-state index is 11.3. The quantitative estimate of drug-likeness (QED) is 0.444. The standard InChI is InChI=1S/C9H16O3/c1-8(2,3)12-7(10)6-9(4,5)11-6/h6H,1-5H3. The van der Waals surface area contributed by atoms with Crippen molar-refractivity contribution in [1.29, 1.82) is 0 Å². The van der Waals surface area contributed by atoms with Crippen LogP contribution in [0.3, 0.4) is 0 Å². The lowest BCUT2D eigenvalue weighted by Crippen LogP contribution is -2.28. The predicted molar refractivity (Wildman–Crippen MR) is 44.8 cm³/mol. The minimum absolute atomic E-state index is 0.257. The molecule has 0 N–H and O–H groups in total. The Morgan fingerprint density at radius 3 is 2.08 bits per heavy atom. The first kappa shape index (κ1) is 9.52. The second-order valence-electron chi connectivity index (χ2n) is 4.63. The zero-order chi connectivity index (χ0) is 9.57. The SMILES string of the molecule is CC(C)(C)OC(=O)C1OC1(C)C. The van der Waals surface area contributed by atoms with E-state index < -0.39 is 5.60 Å². The van der Waals surface area contributed by atoms with Crippen LogP contribution in [0.4, 0.5) is 0 Å². The minimum Gasteiger partial charge on any atom is -0.458 e. The van der Waals surface area contributed by atoms with E-state index in [1.54, 1.807) is 0 Å². The second kappa shape index (κ2) is 2.46. The van der Waals surface area contributed by atoms with Gasteiger partial charge in [-0.25, -0.2) is 4.79 Å². The fraction of sp³-hybridized carbons (Fsp3) is 0.889. The summed E-state index contributed by atoms with van der Waals surface area (Å²) in [6.45, 7) is 9.30. The summed E-state index contributed by atoms with van der Waals surface area (Å²) in [7, 11) is 0. The van der Waals surface area contributed by atoms with Gasteiger partial charge in [0.25, 0.3) is 0 Å². The summed E-state index contributed by atoms with van der Waals surface area (Å²) in [6, 6.07) is 0. The van der Waals surface area contributed by atoms with Gasteiger partial charge in [-0.2, -0.15) is 0 Å². The van der Waals surface area contributed by atoms with Gasteiger partial charge in [0.15, 0.2) is 6.10 Å². The number of esters is 1. The van der Waals surface area contributed by atoms with Crippen LogP contribution in [0.15, 0.2) is 0 Å². The Morgan fingerprint density at radius 2 is 1.83 bits per heavy atom. The molecule has 0 saturated carbocycles. The first-order chi connectivity index (χ1) is 5.22. The fourth-order valence-electron chi connectivity index (χ4n) is 0.957. The van der Waals surface area contributed by atoms with Gasteiger partial charge in [-0.1, -0.05) is 0 Å². The van der Waals surface area contributed by atoms with E-state index >= 15 is 0 Å². The molecule has 1 heterocycles. The summed E-state index contributed by atoms with van der Waals surface area (Å²) in [4.78, 5) is 11.3. The molecule has 70 valence electrons. The molecule has 3 nitrogen and oxygen atoms in total. The Labute approximate surface area is 73.0 Å². The van der Waals surface area contributed by atoms with Crippen LogP contribution in [0.5, 0.6) is 0 Å². The number of carbonyl (C=O) groups is 1. The van der Waals surface area contributed by atoms with Gasteiger partial charge in [0, 0.05) is 0 Å². The van der Waals surface area contributed by atoms with Crippen LogP contribution >= 0.6 is 0 Å². The Bertz CT molecular complexity index is 200. The van der Waals surface area contributed by atoms with E-state index in [4.69, 9.17) is 9.47 Å². The van der Waals surface area contributed by atoms with E-state index in [2.05, 4.69) is 0 Å². The molecule has 1 unspecified atom stereocenters. The summed E-state index contributed by atoms with van der Waals surface area (Å²) >= 11 is 0. The molecule has 1 atom stereocenters. The van der Waals surface area contributed by atoms with Crippen molar-refractivity contribution < 1.29 is 14.3 Å². The third-order valence-corrected chi connectivity index (χ3v) is 1.62. The lowest BCUT2D eigenvalue weighted by molar-refractivity contribution is -0.156. The van der Waals surface area contributed by atoms with Crippen molar-refractivity contribution >= 4 is 5.97 Å². The average Bonchev–Trinajstić information content (AvgIpc) is 2.35. The highest BCUT2D eigenvalue weighted by Crippen LogP contribution is 2.36. The van der Waals surface area contributed by atoms with Crippen LogP contribution in [-0.2, 0) is 14.3 Å². The van der Waals surface area contributed by atoms with Crippen molar-refractivity contribution in [2.75, 3.05) is 0 Å². The molecule has 1 fully saturated rings. The lowest BCUT2D eigenvalue weighted by atomic mass is 10.1. The second-order valence-corrected chi connectivity index (χ2v) is 4.63. The lowest BCUT2D eigenvalue weighted by Gasteiger charge is -2.18. The van der Waals surface area contributed by atoms with Crippen molar-refractivity contribution in [3.63, 3.8) is 0 Å². The van der Waals surface area contributed by atoms with Crippen molar-refractivity contribution in [1.82, 2.24) is 0 Å². The molecular formula is C9H16O3. The van der Waals surface area contributed by atoms with Gasteiger partial charge < -0.3 is 9.47 Å². The Morgan fingerprint density at radius 1 is 1.42 bits per heavy atom. The van der Waals surface area contributed by atoms with E-state index in [1.165, 1.54) is 0 Å². The molecular weight excluding hydrogens is 156 g/mol. The largest absolute Gasteiger partial charge is 0.458 e.